The molecule has 0 saturated heterocycles. The van der Waals surface area contributed by atoms with Crippen molar-refractivity contribution in [3.63, 3.8) is 0 Å². The first-order valence-electron chi connectivity index (χ1n) is 12.5. The smallest absolute Gasteiger partial charge is 0.284 e. The molecule has 0 bridgehead atoms. The van der Waals surface area contributed by atoms with Crippen molar-refractivity contribution < 1.29 is 17.9 Å². The predicted molar refractivity (Wildman–Crippen MR) is 143 cm³/mol. The average Bonchev–Trinajstić information content (AvgIpc) is 3.35. The third kappa shape index (κ3) is 5.03. The van der Waals surface area contributed by atoms with Crippen LogP contribution in [0.15, 0.2) is 70.1 Å². The van der Waals surface area contributed by atoms with Crippen molar-refractivity contribution in [1.29, 1.82) is 0 Å². The molecule has 0 amide bonds. The van der Waals surface area contributed by atoms with Gasteiger partial charge >= 0.3 is 0 Å². The Morgan fingerprint density at radius 2 is 1.86 bits per heavy atom. The molecule has 2 N–H and O–H groups in total. The Morgan fingerprint density at radius 1 is 1.08 bits per heavy atom. The van der Waals surface area contributed by atoms with Crippen molar-refractivity contribution in [1.82, 2.24) is 4.98 Å². The number of ether oxygens (including phenoxy) is 1. The largest absolute Gasteiger partial charge is 0.457 e. The Bertz CT molecular complexity index is 1510. The van der Waals surface area contributed by atoms with Crippen LogP contribution in [0.3, 0.4) is 0 Å². The fraction of sp³-hybridized carbons (Fsp3) is 0.345. The fourth-order valence-electron chi connectivity index (χ4n) is 5.80. The first-order chi connectivity index (χ1) is 17.5. The minimum absolute atomic E-state index is 0.0236. The van der Waals surface area contributed by atoms with E-state index >= 15 is 0 Å². The number of hydrogen-bond donors (Lipinski definition) is 1. The number of ketones is 1. The molecule has 1 heterocycles. The van der Waals surface area contributed by atoms with Crippen LogP contribution in [0.5, 0.6) is 11.5 Å². The number of sulfonamides is 1. The highest BCUT2D eigenvalue weighted by Crippen LogP contribution is 2.51. The van der Waals surface area contributed by atoms with E-state index in [-0.39, 0.29) is 27.8 Å². The Hall–Kier alpha value is -3.52. The summed E-state index contributed by atoms with van der Waals surface area (Å²) in [7, 11) is -4.11. The molecule has 0 aliphatic heterocycles. The van der Waals surface area contributed by atoms with Gasteiger partial charge in [0, 0.05) is 35.7 Å². The number of fused-ring (bicyclic) bond motifs is 1. The first-order valence-corrected chi connectivity index (χ1v) is 14.0. The van der Waals surface area contributed by atoms with E-state index in [1.165, 1.54) is 12.1 Å². The fourth-order valence-corrected chi connectivity index (χ4v) is 6.78. The van der Waals surface area contributed by atoms with Crippen LogP contribution in [0.4, 0.5) is 0 Å². The van der Waals surface area contributed by atoms with Gasteiger partial charge in [0.05, 0.1) is 10.6 Å². The number of Topliss-reactive ketones (excluding diaryl/α,β-unsaturated/α-hetero) is 1. The Labute approximate surface area is 217 Å². The highest BCUT2D eigenvalue weighted by molar-refractivity contribution is 7.90. The molecular formula is C29H31N3O4S. The maximum Gasteiger partial charge on any atom is 0.284 e. The van der Waals surface area contributed by atoms with E-state index in [9.17, 15) is 13.2 Å². The van der Waals surface area contributed by atoms with Crippen LogP contribution in [0, 0.1) is 11.3 Å². The lowest BCUT2D eigenvalue weighted by Gasteiger charge is -2.27. The van der Waals surface area contributed by atoms with Crippen LogP contribution >= 0.6 is 0 Å². The molecule has 3 aromatic rings. The van der Waals surface area contributed by atoms with Crippen molar-refractivity contribution in [2.24, 2.45) is 21.5 Å². The number of nitrogens with zero attached hydrogens (tertiary/aromatic N) is 2. The number of aryl methyl sites for hydroxylation is 1. The SMILES string of the molecule is CC1CC(c2ncccc2/C(N)=N/S(=O)(=O)c2cccc(Oc3ccc4c(c3)CCC4=O)c2)C(C)(C)C1. The summed E-state index contributed by atoms with van der Waals surface area (Å²) < 4.78 is 36.4. The van der Waals surface area contributed by atoms with Gasteiger partial charge in [-0.25, -0.2) is 0 Å². The number of amidine groups is 1. The van der Waals surface area contributed by atoms with Gasteiger partial charge in [-0.05, 0) is 78.6 Å². The standard InChI is InChI=1S/C29H31N3O4S/c1-18-14-25(29(2,3)17-18)27-24(8-5-13-31-27)28(30)32-37(34,35)22-7-4-6-20(16-22)36-21-10-11-23-19(15-21)9-12-26(23)33/h4-8,10-11,13,15-16,18,25H,9,12,14,17H2,1-3H3,(H2,30,32). The molecule has 1 aromatic heterocycles. The first kappa shape index (κ1) is 25.1. The second kappa shape index (κ2) is 9.41. The molecule has 2 aromatic carbocycles. The lowest BCUT2D eigenvalue weighted by molar-refractivity contribution is 0.0994. The lowest BCUT2D eigenvalue weighted by atomic mass is 9.78. The summed E-state index contributed by atoms with van der Waals surface area (Å²) >= 11 is 0. The van der Waals surface area contributed by atoms with Gasteiger partial charge < -0.3 is 10.5 Å². The molecule has 8 heteroatoms. The zero-order chi connectivity index (χ0) is 26.4. The molecule has 192 valence electrons. The summed E-state index contributed by atoms with van der Waals surface area (Å²) in [6.45, 7) is 6.66. The van der Waals surface area contributed by atoms with Crippen LogP contribution in [0.2, 0.25) is 0 Å². The highest BCUT2D eigenvalue weighted by Gasteiger charge is 2.41. The Balaban J connectivity index is 1.42. The van der Waals surface area contributed by atoms with Gasteiger partial charge in [-0.1, -0.05) is 26.8 Å². The molecular weight excluding hydrogens is 486 g/mol. The van der Waals surface area contributed by atoms with Crippen molar-refractivity contribution in [3.8, 4) is 11.5 Å². The van der Waals surface area contributed by atoms with E-state index < -0.39 is 10.0 Å². The van der Waals surface area contributed by atoms with E-state index in [2.05, 4.69) is 30.2 Å². The number of benzene rings is 2. The van der Waals surface area contributed by atoms with Crippen molar-refractivity contribution in [3.05, 3.63) is 83.2 Å². The van der Waals surface area contributed by atoms with Gasteiger partial charge in [0.15, 0.2) is 5.78 Å². The van der Waals surface area contributed by atoms with Gasteiger partial charge in [0.1, 0.15) is 17.3 Å². The molecule has 37 heavy (non-hydrogen) atoms. The van der Waals surface area contributed by atoms with Crippen molar-refractivity contribution in [2.75, 3.05) is 0 Å². The third-order valence-electron chi connectivity index (χ3n) is 7.46. The summed E-state index contributed by atoms with van der Waals surface area (Å²) in [4.78, 5) is 16.5. The second-order valence-electron chi connectivity index (χ2n) is 10.8. The van der Waals surface area contributed by atoms with Crippen LogP contribution in [0.1, 0.15) is 73.1 Å². The van der Waals surface area contributed by atoms with Crippen LogP contribution in [-0.2, 0) is 16.4 Å². The summed E-state index contributed by atoms with van der Waals surface area (Å²) in [5.41, 5.74) is 9.34. The lowest BCUT2D eigenvalue weighted by Crippen LogP contribution is -2.24. The van der Waals surface area contributed by atoms with Crippen LogP contribution < -0.4 is 10.5 Å². The summed E-state index contributed by atoms with van der Waals surface area (Å²) in [6.07, 6.45) is 4.93. The molecule has 1 fully saturated rings. The molecule has 0 radical (unpaired) electrons. The maximum atomic E-state index is 13.2. The van der Waals surface area contributed by atoms with E-state index in [4.69, 9.17) is 10.5 Å². The molecule has 2 aliphatic carbocycles. The topological polar surface area (TPSA) is 112 Å². The van der Waals surface area contributed by atoms with Gasteiger partial charge in [0.25, 0.3) is 10.0 Å². The summed E-state index contributed by atoms with van der Waals surface area (Å²) in [5, 5.41) is 0. The van der Waals surface area contributed by atoms with E-state index in [1.807, 2.05) is 6.07 Å². The quantitative estimate of drug-likeness (QED) is 0.335. The van der Waals surface area contributed by atoms with Gasteiger partial charge in [-0.2, -0.15) is 8.42 Å². The normalized spacial score (nSPS) is 21.2. The molecule has 0 spiro atoms. The van der Waals surface area contributed by atoms with E-state index in [0.717, 1.165) is 29.7 Å². The molecule has 2 atom stereocenters. The van der Waals surface area contributed by atoms with E-state index in [1.54, 1.807) is 42.6 Å². The van der Waals surface area contributed by atoms with Crippen molar-refractivity contribution in [2.45, 2.75) is 57.3 Å². The third-order valence-corrected chi connectivity index (χ3v) is 8.74. The number of aromatic nitrogens is 1. The number of hydrogen-bond acceptors (Lipinski definition) is 5. The average molecular weight is 518 g/mol. The molecule has 5 rings (SSSR count). The molecule has 7 nitrogen and oxygen atoms in total. The van der Waals surface area contributed by atoms with Crippen molar-refractivity contribution >= 4 is 21.6 Å². The number of nitrogens with two attached hydrogens (primary N) is 1. The predicted octanol–water partition coefficient (Wildman–Crippen LogP) is 5.64. The number of rotatable bonds is 6. The van der Waals surface area contributed by atoms with Crippen LogP contribution in [0.25, 0.3) is 0 Å². The highest BCUT2D eigenvalue weighted by atomic mass is 32.2. The Morgan fingerprint density at radius 3 is 2.62 bits per heavy atom. The van der Waals surface area contributed by atoms with Gasteiger partial charge in [-0.15, -0.1) is 4.40 Å². The summed E-state index contributed by atoms with van der Waals surface area (Å²) in [5.74, 6) is 1.66. The number of carbonyl (C=O) groups is 1. The second-order valence-corrected chi connectivity index (χ2v) is 12.4. The minimum Gasteiger partial charge on any atom is -0.457 e. The zero-order valence-corrected chi connectivity index (χ0v) is 22.1. The number of pyridine rings is 1. The monoisotopic (exact) mass is 517 g/mol. The summed E-state index contributed by atoms with van der Waals surface area (Å²) in [6, 6.07) is 15.0. The minimum atomic E-state index is -4.11. The molecule has 1 saturated carbocycles. The Kier molecular flexibility index (Phi) is 6.40. The van der Waals surface area contributed by atoms with Crippen LogP contribution in [-0.4, -0.2) is 25.0 Å². The number of carbonyl (C=O) groups excluding carboxylic acids is 1. The molecule has 2 aliphatic rings. The maximum absolute atomic E-state index is 13.2. The van der Waals surface area contributed by atoms with Gasteiger partial charge in [-0.3, -0.25) is 9.78 Å². The van der Waals surface area contributed by atoms with E-state index in [0.29, 0.717) is 35.8 Å². The molecule has 2 unspecified atom stereocenters. The van der Waals surface area contributed by atoms with Gasteiger partial charge in [0.2, 0.25) is 0 Å². The zero-order valence-electron chi connectivity index (χ0n) is 21.3.